The van der Waals surface area contributed by atoms with E-state index in [1.54, 1.807) is 6.07 Å². The topological polar surface area (TPSA) is 58.2 Å². The molecule has 1 aliphatic rings. The number of sulfonamides is 1. The second-order valence-electron chi connectivity index (χ2n) is 5.34. The van der Waals surface area contributed by atoms with E-state index < -0.39 is 10.0 Å². The van der Waals surface area contributed by atoms with Gasteiger partial charge in [0.25, 0.3) is 0 Å². The summed E-state index contributed by atoms with van der Waals surface area (Å²) in [6.07, 6.45) is 4.68. The molecule has 20 heavy (non-hydrogen) atoms. The average molecular weight is 381 g/mol. The van der Waals surface area contributed by atoms with E-state index in [2.05, 4.69) is 26.0 Å². The van der Waals surface area contributed by atoms with Crippen molar-refractivity contribution in [2.75, 3.05) is 7.05 Å². The highest BCUT2D eigenvalue weighted by Gasteiger charge is 2.28. The van der Waals surface area contributed by atoms with Gasteiger partial charge in [-0.25, -0.2) is 13.1 Å². The monoisotopic (exact) mass is 380 g/mol. The zero-order valence-electron chi connectivity index (χ0n) is 11.8. The van der Waals surface area contributed by atoms with Gasteiger partial charge in [-0.05, 0) is 54.7 Å². The standard InChI is InChI=1S/C13H21BrN2O2S2/c1-9(10-5-3-4-6-10)16-20(17,18)12-7-11(8-15-2)19-13(12)14/h7,9-10,15-16H,3-6,8H2,1-2H3. The highest BCUT2D eigenvalue weighted by molar-refractivity contribution is 9.11. The Morgan fingerprint density at radius 2 is 2.10 bits per heavy atom. The lowest BCUT2D eigenvalue weighted by molar-refractivity contribution is 0.424. The van der Waals surface area contributed by atoms with Gasteiger partial charge in [0.05, 0.1) is 3.79 Å². The van der Waals surface area contributed by atoms with Crippen LogP contribution in [0.5, 0.6) is 0 Å². The summed E-state index contributed by atoms with van der Waals surface area (Å²) in [6.45, 7) is 2.65. The third-order valence-electron chi connectivity index (χ3n) is 3.80. The molecule has 0 amide bonds. The van der Waals surface area contributed by atoms with Gasteiger partial charge in [0, 0.05) is 17.5 Å². The van der Waals surface area contributed by atoms with Crippen LogP contribution >= 0.6 is 27.3 Å². The van der Waals surface area contributed by atoms with Crippen LogP contribution in [0.2, 0.25) is 0 Å². The second kappa shape index (κ2) is 6.87. The van der Waals surface area contributed by atoms with E-state index in [4.69, 9.17) is 0 Å². The van der Waals surface area contributed by atoms with Gasteiger partial charge in [-0.3, -0.25) is 0 Å². The fourth-order valence-corrected chi connectivity index (χ4v) is 6.71. The minimum absolute atomic E-state index is 0.00190. The van der Waals surface area contributed by atoms with Gasteiger partial charge in [-0.2, -0.15) is 0 Å². The molecule has 0 bridgehead atoms. The van der Waals surface area contributed by atoms with Crippen molar-refractivity contribution in [3.63, 3.8) is 0 Å². The summed E-state index contributed by atoms with van der Waals surface area (Å²) in [5, 5.41) is 3.04. The van der Waals surface area contributed by atoms with Crippen LogP contribution in [-0.2, 0) is 16.6 Å². The van der Waals surface area contributed by atoms with Gasteiger partial charge in [-0.15, -0.1) is 11.3 Å². The SMILES string of the molecule is CNCc1cc(S(=O)(=O)NC(C)C2CCCC2)c(Br)s1. The van der Waals surface area contributed by atoms with E-state index in [1.807, 2.05) is 14.0 Å². The molecule has 1 aromatic rings. The second-order valence-corrected chi connectivity index (χ2v) is 9.47. The minimum Gasteiger partial charge on any atom is -0.315 e. The minimum atomic E-state index is -3.44. The Morgan fingerprint density at radius 1 is 1.45 bits per heavy atom. The van der Waals surface area contributed by atoms with Crippen molar-refractivity contribution >= 4 is 37.3 Å². The molecule has 0 aromatic carbocycles. The number of thiophene rings is 1. The average Bonchev–Trinajstić information content (AvgIpc) is 2.98. The van der Waals surface area contributed by atoms with Gasteiger partial charge in [0.2, 0.25) is 10.0 Å². The molecular weight excluding hydrogens is 360 g/mol. The quantitative estimate of drug-likeness (QED) is 0.796. The highest BCUT2D eigenvalue weighted by atomic mass is 79.9. The zero-order chi connectivity index (χ0) is 14.8. The van der Waals surface area contributed by atoms with Crippen LogP contribution in [0, 0.1) is 5.92 Å². The molecule has 1 atom stereocenters. The molecule has 1 fully saturated rings. The molecule has 7 heteroatoms. The zero-order valence-corrected chi connectivity index (χ0v) is 15.0. The van der Waals surface area contributed by atoms with Crippen molar-refractivity contribution in [3.8, 4) is 0 Å². The normalized spacial score (nSPS) is 18.6. The van der Waals surface area contributed by atoms with Crippen molar-refractivity contribution in [3.05, 3.63) is 14.7 Å². The Bertz CT molecular complexity index is 551. The molecule has 2 rings (SSSR count). The lowest BCUT2D eigenvalue weighted by atomic mass is 10.0. The third-order valence-corrected chi connectivity index (χ3v) is 7.61. The number of nitrogens with one attached hydrogen (secondary N) is 2. The summed E-state index contributed by atoms with van der Waals surface area (Å²) < 4.78 is 28.5. The number of rotatable bonds is 6. The predicted octanol–water partition coefficient (Wildman–Crippen LogP) is 3.09. The van der Waals surface area contributed by atoms with Crippen LogP contribution in [0.4, 0.5) is 0 Å². The summed E-state index contributed by atoms with van der Waals surface area (Å²) in [7, 11) is -1.59. The van der Waals surface area contributed by atoms with Crippen LogP contribution in [0.15, 0.2) is 14.7 Å². The number of hydrogen-bond donors (Lipinski definition) is 2. The van der Waals surface area contributed by atoms with Crippen molar-refractivity contribution in [2.45, 2.75) is 50.1 Å². The Balaban J connectivity index is 2.13. The van der Waals surface area contributed by atoms with E-state index in [9.17, 15) is 8.42 Å². The first-order valence-corrected chi connectivity index (χ1v) is 9.98. The van der Waals surface area contributed by atoms with E-state index >= 15 is 0 Å². The molecular formula is C13H21BrN2O2S2. The largest absolute Gasteiger partial charge is 0.315 e. The van der Waals surface area contributed by atoms with Crippen LogP contribution in [0.3, 0.4) is 0 Å². The Hall–Kier alpha value is 0.0500. The molecule has 4 nitrogen and oxygen atoms in total. The third kappa shape index (κ3) is 3.82. The van der Waals surface area contributed by atoms with Crippen molar-refractivity contribution in [1.82, 2.24) is 10.0 Å². The molecule has 2 N–H and O–H groups in total. The van der Waals surface area contributed by atoms with Crippen LogP contribution in [0.1, 0.15) is 37.5 Å². The number of hydrogen-bond acceptors (Lipinski definition) is 4. The number of halogens is 1. The Kier molecular flexibility index (Phi) is 5.64. The summed E-state index contributed by atoms with van der Waals surface area (Å²) in [6, 6.07) is 1.75. The van der Waals surface area contributed by atoms with Gasteiger partial charge in [0.1, 0.15) is 4.90 Å². The van der Waals surface area contributed by atoms with Gasteiger partial charge in [-0.1, -0.05) is 12.8 Å². The maximum Gasteiger partial charge on any atom is 0.242 e. The van der Waals surface area contributed by atoms with E-state index in [0.29, 0.717) is 21.1 Å². The molecule has 0 radical (unpaired) electrons. The van der Waals surface area contributed by atoms with Gasteiger partial charge in [0.15, 0.2) is 0 Å². The summed E-state index contributed by atoms with van der Waals surface area (Å²) >= 11 is 4.83. The lowest BCUT2D eigenvalue weighted by Gasteiger charge is -2.20. The van der Waals surface area contributed by atoms with Gasteiger partial charge < -0.3 is 5.32 Å². The molecule has 1 heterocycles. The first-order valence-electron chi connectivity index (χ1n) is 6.89. The van der Waals surface area contributed by atoms with E-state index in [0.717, 1.165) is 17.7 Å². The molecule has 0 aliphatic heterocycles. The van der Waals surface area contributed by atoms with Crippen molar-refractivity contribution in [2.24, 2.45) is 5.92 Å². The Labute approximate surface area is 133 Å². The predicted molar refractivity (Wildman–Crippen MR) is 86.5 cm³/mol. The van der Waals surface area contributed by atoms with Crippen LogP contribution in [0.25, 0.3) is 0 Å². The molecule has 1 unspecified atom stereocenters. The smallest absolute Gasteiger partial charge is 0.242 e. The highest BCUT2D eigenvalue weighted by Crippen LogP contribution is 2.33. The van der Waals surface area contributed by atoms with Crippen LogP contribution < -0.4 is 10.0 Å². The fraction of sp³-hybridized carbons (Fsp3) is 0.692. The fourth-order valence-electron chi connectivity index (χ4n) is 2.70. The van der Waals surface area contributed by atoms with E-state index in [1.165, 1.54) is 24.2 Å². The van der Waals surface area contributed by atoms with Crippen molar-refractivity contribution < 1.29 is 8.42 Å². The first-order chi connectivity index (χ1) is 9.44. The molecule has 0 spiro atoms. The summed E-state index contributed by atoms with van der Waals surface area (Å²) in [5.41, 5.74) is 0. The molecule has 1 aliphatic carbocycles. The summed E-state index contributed by atoms with van der Waals surface area (Å²) in [5.74, 6) is 0.471. The summed E-state index contributed by atoms with van der Waals surface area (Å²) in [4.78, 5) is 1.37. The van der Waals surface area contributed by atoms with E-state index in [-0.39, 0.29) is 6.04 Å². The first kappa shape index (κ1) is 16.4. The molecule has 114 valence electrons. The van der Waals surface area contributed by atoms with Crippen molar-refractivity contribution in [1.29, 1.82) is 0 Å². The van der Waals surface area contributed by atoms with Crippen LogP contribution in [-0.4, -0.2) is 21.5 Å². The maximum absolute atomic E-state index is 12.5. The Morgan fingerprint density at radius 3 is 2.70 bits per heavy atom. The maximum atomic E-state index is 12.5. The molecule has 1 saturated carbocycles. The molecule has 1 aromatic heterocycles. The lowest BCUT2D eigenvalue weighted by Crippen LogP contribution is -2.37. The molecule has 0 saturated heterocycles. The van der Waals surface area contributed by atoms with Gasteiger partial charge >= 0.3 is 0 Å².